The number of furan rings is 1. The van der Waals surface area contributed by atoms with Crippen LogP contribution in [0.1, 0.15) is 28.3 Å². The number of carbonyl (C=O) groups is 1. The second-order valence-corrected chi connectivity index (χ2v) is 5.88. The van der Waals surface area contributed by atoms with E-state index in [2.05, 4.69) is 9.88 Å². The fraction of sp³-hybridized carbons (Fsp3) is 0.385. The van der Waals surface area contributed by atoms with Crippen molar-refractivity contribution in [2.45, 2.75) is 25.4 Å². The van der Waals surface area contributed by atoms with E-state index >= 15 is 0 Å². The van der Waals surface area contributed by atoms with Crippen LogP contribution in [0.25, 0.3) is 0 Å². The molecule has 2 aromatic heterocycles. The Hall–Kier alpha value is -1.53. The normalized spacial score (nSPS) is 14.3. The van der Waals surface area contributed by atoms with E-state index in [0.29, 0.717) is 17.5 Å². The Kier molecular flexibility index (Phi) is 3.67. The molecule has 0 N–H and O–H groups in total. The highest BCUT2D eigenvalue weighted by molar-refractivity contribution is 7.18. The SMILES string of the molecule is COC(=O)c1sc(N(Cc2ccco2)C2CC2)nc1Cl. The molecule has 0 aromatic carbocycles. The van der Waals surface area contributed by atoms with Crippen molar-refractivity contribution in [1.82, 2.24) is 4.98 Å². The van der Waals surface area contributed by atoms with Crippen LogP contribution in [-0.2, 0) is 11.3 Å². The minimum Gasteiger partial charge on any atom is -0.467 e. The van der Waals surface area contributed by atoms with E-state index < -0.39 is 5.97 Å². The molecular weight excluding hydrogens is 300 g/mol. The predicted molar refractivity (Wildman–Crippen MR) is 76.4 cm³/mol. The molecule has 1 aliphatic rings. The third-order valence-electron chi connectivity index (χ3n) is 3.08. The quantitative estimate of drug-likeness (QED) is 0.792. The highest BCUT2D eigenvalue weighted by Crippen LogP contribution is 2.38. The maximum atomic E-state index is 11.6. The number of thiazole rings is 1. The first kappa shape index (κ1) is 13.5. The summed E-state index contributed by atoms with van der Waals surface area (Å²) in [5.74, 6) is 0.412. The van der Waals surface area contributed by atoms with E-state index in [1.54, 1.807) is 6.26 Å². The molecule has 2 aromatic rings. The summed E-state index contributed by atoms with van der Waals surface area (Å²) in [6.45, 7) is 0.627. The number of hydrogen-bond donors (Lipinski definition) is 0. The van der Waals surface area contributed by atoms with Crippen molar-refractivity contribution < 1.29 is 13.9 Å². The number of aromatic nitrogens is 1. The standard InChI is InChI=1S/C13H13ClN2O3S/c1-18-12(17)10-11(14)15-13(20-10)16(8-4-5-8)7-9-3-2-6-19-9/h2-3,6,8H,4-5,7H2,1H3. The number of halogens is 1. The molecule has 20 heavy (non-hydrogen) atoms. The Morgan fingerprint density at radius 2 is 2.45 bits per heavy atom. The number of esters is 1. The van der Waals surface area contributed by atoms with Crippen molar-refractivity contribution in [3.05, 3.63) is 34.2 Å². The van der Waals surface area contributed by atoms with Gasteiger partial charge in [-0.2, -0.15) is 0 Å². The van der Waals surface area contributed by atoms with Crippen molar-refractivity contribution in [2.75, 3.05) is 12.0 Å². The van der Waals surface area contributed by atoms with Crippen molar-refractivity contribution >= 4 is 34.0 Å². The van der Waals surface area contributed by atoms with Crippen LogP contribution in [0, 0.1) is 0 Å². The van der Waals surface area contributed by atoms with Gasteiger partial charge in [0.2, 0.25) is 0 Å². The highest BCUT2D eigenvalue weighted by atomic mass is 35.5. The van der Waals surface area contributed by atoms with Crippen molar-refractivity contribution in [2.24, 2.45) is 0 Å². The molecule has 1 saturated carbocycles. The summed E-state index contributed by atoms with van der Waals surface area (Å²) in [7, 11) is 1.33. The lowest BCUT2D eigenvalue weighted by Gasteiger charge is -2.19. The second kappa shape index (κ2) is 5.46. The molecule has 0 bridgehead atoms. The molecule has 0 saturated heterocycles. The Balaban J connectivity index is 1.86. The zero-order valence-corrected chi connectivity index (χ0v) is 12.4. The second-order valence-electron chi connectivity index (χ2n) is 4.55. The van der Waals surface area contributed by atoms with Crippen LogP contribution in [0.15, 0.2) is 22.8 Å². The minimum atomic E-state index is -0.451. The summed E-state index contributed by atoms with van der Waals surface area (Å²) in [6.07, 6.45) is 3.88. The van der Waals surface area contributed by atoms with E-state index in [1.165, 1.54) is 18.4 Å². The summed E-state index contributed by atoms with van der Waals surface area (Å²) in [6, 6.07) is 4.22. The zero-order valence-electron chi connectivity index (χ0n) is 10.8. The largest absolute Gasteiger partial charge is 0.467 e. The molecule has 0 unspecified atom stereocenters. The van der Waals surface area contributed by atoms with E-state index in [9.17, 15) is 4.79 Å². The third kappa shape index (κ3) is 2.66. The molecule has 1 fully saturated rings. The van der Waals surface area contributed by atoms with Gasteiger partial charge < -0.3 is 14.1 Å². The monoisotopic (exact) mass is 312 g/mol. The molecule has 5 nitrogen and oxygen atoms in total. The maximum absolute atomic E-state index is 11.6. The van der Waals surface area contributed by atoms with Gasteiger partial charge in [-0.1, -0.05) is 22.9 Å². The van der Waals surface area contributed by atoms with E-state index in [0.717, 1.165) is 23.7 Å². The van der Waals surface area contributed by atoms with Gasteiger partial charge in [0.15, 0.2) is 15.2 Å². The summed E-state index contributed by atoms with van der Waals surface area (Å²) in [4.78, 5) is 18.4. The Labute approximate surface area is 125 Å². The summed E-state index contributed by atoms with van der Waals surface area (Å²) in [5.41, 5.74) is 0. The average molecular weight is 313 g/mol. The van der Waals surface area contributed by atoms with Gasteiger partial charge in [-0.05, 0) is 25.0 Å². The van der Waals surface area contributed by atoms with Gasteiger partial charge in [0, 0.05) is 6.04 Å². The smallest absolute Gasteiger partial charge is 0.351 e. The zero-order chi connectivity index (χ0) is 14.1. The lowest BCUT2D eigenvalue weighted by Crippen LogP contribution is -2.24. The van der Waals surface area contributed by atoms with Crippen LogP contribution in [-0.4, -0.2) is 24.1 Å². The van der Waals surface area contributed by atoms with Crippen LogP contribution in [0.2, 0.25) is 5.15 Å². The number of nitrogens with zero attached hydrogens (tertiary/aromatic N) is 2. The number of ether oxygens (including phenoxy) is 1. The Morgan fingerprint density at radius 1 is 1.65 bits per heavy atom. The van der Waals surface area contributed by atoms with Gasteiger partial charge in [-0.3, -0.25) is 0 Å². The molecule has 0 aliphatic heterocycles. The van der Waals surface area contributed by atoms with Gasteiger partial charge in [-0.25, -0.2) is 9.78 Å². The van der Waals surface area contributed by atoms with Crippen molar-refractivity contribution in [3.8, 4) is 0 Å². The van der Waals surface area contributed by atoms with Gasteiger partial charge >= 0.3 is 5.97 Å². The molecular formula is C13H13ClN2O3S. The van der Waals surface area contributed by atoms with E-state index in [-0.39, 0.29) is 5.15 Å². The van der Waals surface area contributed by atoms with Gasteiger partial charge in [0.05, 0.1) is 19.9 Å². The van der Waals surface area contributed by atoms with Crippen LogP contribution >= 0.6 is 22.9 Å². The average Bonchev–Trinajstić information content (AvgIpc) is 3.01. The summed E-state index contributed by atoms with van der Waals surface area (Å²) in [5, 5.41) is 0.927. The van der Waals surface area contributed by atoms with Gasteiger partial charge in [0.25, 0.3) is 0 Å². The van der Waals surface area contributed by atoms with Crippen LogP contribution in [0.3, 0.4) is 0 Å². The third-order valence-corrected chi connectivity index (χ3v) is 4.54. The number of rotatable bonds is 5. The summed E-state index contributed by atoms with van der Waals surface area (Å²) < 4.78 is 10.1. The molecule has 3 rings (SSSR count). The lowest BCUT2D eigenvalue weighted by molar-refractivity contribution is 0.0606. The van der Waals surface area contributed by atoms with E-state index in [4.69, 9.17) is 20.8 Å². The Morgan fingerprint density at radius 3 is 3.05 bits per heavy atom. The fourth-order valence-electron chi connectivity index (χ4n) is 1.94. The number of anilines is 1. The fourth-order valence-corrected chi connectivity index (χ4v) is 3.21. The molecule has 0 spiro atoms. The van der Waals surface area contributed by atoms with Crippen LogP contribution < -0.4 is 4.90 Å². The van der Waals surface area contributed by atoms with Gasteiger partial charge in [-0.15, -0.1) is 0 Å². The first-order chi connectivity index (χ1) is 9.69. The Bertz CT molecular complexity index is 607. The first-order valence-electron chi connectivity index (χ1n) is 6.22. The maximum Gasteiger partial charge on any atom is 0.351 e. The number of carbonyl (C=O) groups excluding carboxylic acids is 1. The van der Waals surface area contributed by atoms with E-state index in [1.807, 2.05) is 12.1 Å². The molecule has 106 valence electrons. The molecule has 0 atom stereocenters. The number of hydrogen-bond acceptors (Lipinski definition) is 6. The first-order valence-corrected chi connectivity index (χ1v) is 7.42. The molecule has 0 radical (unpaired) electrons. The molecule has 1 aliphatic carbocycles. The van der Waals surface area contributed by atoms with Gasteiger partial charge in [0.1, 0.15) is 5.76 Å². The summed E-state index contributed by atoms with van der Waals surface area (Å²) >= 11 is 7.28. The molecule has 2 heterocycles. The number of methoxy groups -OCH3 is 1. The topological polar surface area (TPSA) is 55.6 Å². The van der Waals surface area contributed by atoms with Crippen molar-refractivity contribution in [1.29, 1.82) is 0 Å². The lowest BCUT2D eigenvalue weighted by atomic mass is 10.4. The highest BCUT2D eigenvalue weighted by Gasteiger charge is 2.33. The molecule has 0 amide bonds. The minimum absolute atomic E-state index is 0.196. The van der Waals surface area contributed by atoms with Crippen LogP contribution in [0.5, 0.6) is 0 Å². The van der Waals surface area contributed by atoms with Crippen molar-refractivity contribution in [3.63, 3.8) is 0 Å². The predicted octanol–water partition coefficient (Wildman–Crippen LogP) is 3.35. The van der Waals surface area contributed by atoms with Crippen LogP contribution in [0.4, 0.5) is 5.13 Å². The molecule has 7 heteroatoms.